The summed E-state index contributed by atoms with van der Waals surface area (Å²) in [5, 5.41) is 9.75. The van der Waals surface area contributed by atoms with Crippen molar-refractivity contribution in [1.82, 2.24) is 0 Å². The summed E-state index contributed by atoms with van der Waals surface area (Å²) in [5.74, 6) is 0.713. The molecule has 0 radical (unpaired) electrons. The Bertz CT molecular complexity index is 1260. The number of hydrogen-bond donors (Lipinski definition) is 1. The highest BCUT2D eigenvalue weighted by Crippen LogP contribution is 2.43. The zero-order valence-electron chi connectivity index (χ0n) is 18.5. The first kappa shape index (κ1) is 22.0. The summed E-state index contributed by atoms with van der Waals surface area (Å²) in [7, 11) is 0. The van der Waals surface area contributed by atoms with Gasteiger partial charge in [0.25, 0.3) is 0 Å². The van der Waals surface area contributed by atoms with Crippen LogP contribution < -0.4 is 19.9 Å². The molecule has 0 fully saturated rings. The number of carbonyl (C=O) groups is 1. The van der Waals surface area contributed by atoms with Crippen LogP contribution in [0.5, 0.6) is 17.2 Å². The number of fused-ring (bicyclic) bond motifs is 1. The van der Waals surface area contributed by atoms with Crippen LogP contribution in [0.3, 0.4) is 0 Å². The van der Waals surface area contributed by atoms with Crippen molar-refractivity contribution >= 4 is 5.97 Å². The van der Waals surface area contributed by atoms with Crippen LogP contribution in [0.4, 0.5) is 0 Å². The van der Waals surface area contributed by atoms with Gasteiger partial charge in [0.1, 0.15) is 28.9 Å². The number of ether oxygens (including phenoxy) is 3. The minimum absolute atomic E-state index is 0.0312. The Hall–Kier alpha value is -4.24. The lowest BCUT2D eigenvalue weighted by atomic mass is 9.83. The topological polar surface area (TPSA) is 94.6 Å². The molecule has 0 spiro atoms. The second-order valence-electron chi connectivity index (χ2n) is 7.75. The van der Waals surface area contributed by atoms with Crippen LogP contribution >= 0.6 is 0 Å². The van der Waals surface area contributed by atoms with Gasteiger partial charge in [0, 0.05) is 11.6 Å². The second kappa shape index (κ2) is 9.49. The quantitative estimate of drug-likeness (QED) is 0.417. The lowest BCUT2D eigenvalue weighted by Gasteiger charge is -2.26. The first-order chi connectivity index (χ1) is 16.0. The summed E-state index contributed by atoms with van der Waals surface area (Å²) in [5.41, 5.74) is 9.38. The highest BCUT2D eigenvalue weighted by atomic mass is 16.5. The number of carbonyl (C=O) groups excluding carboxylic acids is 1. The number of nitrogens with two attached hydrogens (primary N) is 1. The van der Waals surface area contributed by atoms with E-state index in [9.17, 15) is 10.1 Å². The van der Waals surface area contributed by atoms with E-state index in [0.717, 1.165) is 28.9 Å². The summed E-state index contributed by atoms with van der Waals surface area (Å²) in [4.78, 5) is 12.6. The first-order valence-electron chi connectivity index (χ1n) is 10.7. The molecule has 0 aromatic heterocycles. The van der Waals surface area contributed by atoms with Gasteiger partial charge in [0.2, 0.25) is 5.88 Å². The zero-order valence-corrected chi connectivity index (χ0v) is 18.5. The van der Waals surface area contributed by atoms with Gasteiger partial charge in [-0.25, -0.2) is 4.79 Å². The molecular formula is C27H24N2O4. The van der Waals surface area contributed by atoms with E-state index in [-0.39, 0.29) is 5.88 Å². The van der Waals surface area contributed by atoms with Crippen LogP contribution in [0, 0.1) is 18.3 Å². The van der Waals surface area contributed by atoms with Crippen LogP contribution in [-0.2, 0) is 0 Å². The molecule has 0 aliphatic carbocycles. The van der Waals surface area contributed by atoms with Gasteiger partial charge in [-0.05, 0) is 48.7 Å². The Morgan fingerprint density at radius 2 is 1.82 bits per heavy atom. The Balaban J connectivity index is 1.65. The molecule has 0 saturated heterocycles. The standard InChI is InChI=1S/C27H24N2O4/c1-3-14-31-19-10-8-18(9-11-19)25-22-13-12-20(15-24(22)33-26(29)23(25)16-28)32-27(30)21-7-5-4-6-17(21)2/h4-13,15,25H,3,14,29H2,1-2H3. The van der Waals surface area contributed by atoms with Gasteiger partial charge in [-0.1, -0.05) is 43.3 Å². The van der Waals surface area contributed by atoms with E-state index in [0.29, 0.717) is 29.2 Å². The molecule has 4 rings (SSSR count). The zero-order chi connectivity index (χ0) is 23.4. The maximum Gasteiger partial charge on any atom is 0.343 e. The SMILES string of the molecule is CCCOc1ccc(C2C(C#N)=C(N)Oc3cc(OC(=O)c4ccccc4C)ccc32)cc1. The Morgan fingerprint density at radius 3 is 2.52 bits per heavy atom. The van der Waals surface area contributed by atoms with Gasteiger partial charge in [0.05, 0.1) is 18.1 Å². The minimum Gasteiger partial charge on any atom is -0.494 e. The molecule has 1 unspecified atom stereocenters. The highest BCUT2D eigenvalue weighted by Gasteiger charge is 2.31. The van der Waals surface area contributed by atoms with E-state index in [2.05, 4.69) is 6.07 Å². The molecule has 1 aliphatic heterocycles. The summed E-state index contributed by atoms with van der Waals surface area (Å²) >= 11 is 0. The van der Waals surface area contributed by atoms with Gasteiger partial charge in [-0.15, -0.1) is 0 Å². The summed E-state index contributed by atoms with van der Waals surface area (Å²) < 4.78 is 17.0. The predicted molar refractivity (Wildman–Crippen MR) is 124 cm³/mol. The third-order valence-electron chi connectivity index (χ3n) is 5.45. The third kappa shape index (κ3) is 4.53. The van der Waals surface area contributed by atoms with E-state index in [1.807, 2.05) is 50.2 Å². The largest absolute Gasteiger partial charge is 0.494 e. The number of hydrogen-bond acceptors (Lipinski definition) is 6. The normalized spacial score (nSPS) is 14.6. The maximum absolute atomic E-state index is 12.6. The molecule has 166 valence electrons. The van der Waals surface area contributed by atoms with Crippen LogP contribution in [-0.4, -0.2) is 12.6 Å². The lowest BCUT2D eigenvalue weighted by molar-refractivity contribution is 0.0733. The fourth-order valence-corrected chi connectivity index (χ4v) is 3.78. The average Bonchev–Trinajstić information content (AvgIpc) is 2.82. The number of nitrogens with zero attached hydrogens (tertiary/aromatic N) is 1. The molecule has 1 atom stereocenters. The molecule has 1 aliphatic rings. The maximum atomic E-state index is 12.6. The van der Waals surface area contributed by atoms with E-state index < -0.39 is 11.9 Å². The van der Waals surface area contributed by atoms with Crippen molar-refractivity contribution in [2.45, 2.75) is 26.2 Å². The van der Waals surface area contributed by atoms with Crippen molar-refractivity contribution in [2.24, 2.45) is 5.73 Å². The molecule has 0 saturated carbocycles. The fraction of sp³-hybridized carbons (Fsp3) is 0.185. The Labute approximate surface area is 192 Å². The molecule has 6 heteroatoms. The number of esters is 1. The molecule has 3 aromatic carbocycles. The molecule has 2 N–H and O–H groups in total. The van der Waals surface area contributed by atoms with Gasteiger partial charge in [-0.3, -0.25) is 0 Å². The van der Waals surface area contributed by atoms with Gasteiger partial charge < -0.3 is 19.9 Å². The van der Waals surface area contributed by atoms with Crippen molar-refractivity contribution in [2.75, 3.05) is 6.61 Å². The Kier molecular flexibility index (Phi) is 6.32. The number of rotatable bonds is 6. The summed E-state index contributed by atoms with van der Waals surface area (Å²) in [6.07, 6.45) is 0.920. The summed E-state index contributed by atoms with van der Waals surface area (Å²) in [6, 6.07) is 22.1. The number of nitriles is 1. The number of benzene rings is 3. The van der Waals surface area contributed by atoms with Gasteiger partial charge in [-0.2, -0.15) is 5.26 Å². The van der Waals surface area contributed by atoms with Crippen molar-refractivity contribution in [3.8, 4) is 23.3 Å². The average molecular weight is 440 g/mol. The number of allylic oxidation sites excluding steroid dienone is 1. The molecule has 3 aromatic rings. The molecule has 6 nitrogen and oxygen atoms in total. The number of aryl methyl sites for hydroxylation is 1. The Morgan fingerprint density at radius 1 is 1.09 bits per heavy atom. The van der Waals surface area contributed by atoms with Crippen LogP contribution in [0.15, 0.2) is 78.2 Å². The molecule has 0 bridgehead atoms. The minimum atomic E-state index is -0.454. The third-order valence-corrected chi connectivity index (χ3v) is 5.45. The molecular weight excluding hydrogens is 416 g/mol. The second-order valence-corrected chi connectivity index (χ2v) is 7.75. The smallest absolute Gasteiger partial charge is 0.343 e. The summed E-state index contributed by atoms with van der Waals surface area (Å²) in [6.45, 7) is 4.54. The molecule has 1 heterocycles. The van der Waals surface area contributed by atoms with E-state index in [1.165, 1.54) is 0 Å². The monoisotopic (exact) mass is 440 g/mol. The van der Waals surface area contributed by atoms with Crippen LogP contribution in [0.2, 0.25) is 0 Å². The van der Waals surface area contributed by atoms with Crippen molar-refractivity contribution in [3.63, 3.8) is 0 Å². The highest BCUT2D eigenvalue weighted by molar-refractivity contribution is 5.92. The van der Waals surface area contributed by atoms with E-state index in [4.69, 9.17) is 19.9 Å². The van der Waals surface area contributed by atoms with E-state index >= 15 is 0 Å². The van der Waals surface area contributed by atoms with Crippen molar-refractivity contribution in [1.29, 1.82) is 5.26 Å². The van der Waals surface area contributed by atoms with Gasteiger partial charge in [0.15, 0.2) is 0 Å². The first-order valence-corrected chi connectivity index (χ1v) is 10.7. The molecule has 33 heavy (non-hydrogen) atoms. The van der Waals surface area contributed by atoms with Gasteiger partial charge >= 0.3 is 5.97 Å². The predicted octanol–water partition coefficient (Wildman–Crippen LogP) is 5.22. The van der Waals surface area contributed by atoms with Crippen LogP contribution in [0.25, 0.3) is 0 Å². The van der Waals surface area contributed by atoms with Crippen molar-refractivity contribution < 1.29 is 19.0 Å². The lowest BCUT2D eigenvalue weighted by Crippen LogP contribution is -2.21. The molecule has 0 amide bonds. The van der Waals surface area contributed by atoms with Crippen molar-refractivity contribution in [3.05, 3.63) is 100 Å². The van der Waals surface area contributed by atoms with Crippen LogP contribution in [0.1, 0.15) is 46.3 Å². The fourth-order valence-electron chi connectivity index (χ4n) is 3.78. The van der Waals surface area contributed by atoms with E-state index in [1.54, 1.807) is 30.3 Å².